The minimum absolute atomic E-state index is 0.0445. The fourth-order valence-electron chi connectivity index (χ4n) is 7.98. The van der Waals surface area contributed by atoms with Crippen molar-refractivity contribution >= 4 is 11.6 Å². The number of hydrogen-bond donors (Lipinski definition) is 0. The molecular formula is C24H32F2O2. The molecule has 8 atom stereocenters. The predicted molar refractivity (Wildman–Crippen MR) is 105 cm³/mol. The summed E-state index contributed by atoms with van der Waals surface area (Å²) in [6, 6.07) is 0. The van der Waals surface area contributed by atoms with Crippen LogP contribution in [0.5, 0.6) is 0 Å². The van der Waals surface area contributed by atoms with Gasteiger partial charge >= 0.3 is 0 Å². The summed E-state index contributed by atoms with van der Waals surface area (Å²) in [7, 11) is 0. The number of fused-ring (bicyclic) bond motifs is 5. The van der Waals surface area contributed by atoms with E-state index in [2.05, 4.69) is 13.8 Å². The monoisotopic (exact) mass is 390 g/mol. The number of halogens is 2. The van der Waals surface area contributed by atoms with Crippen LogP contribution in [0.4, 0.5) is 8.78 Å². The minimum Gasteiger partial charge on any atom is -0.299 e. The number of ketones is 2. The molecule has 0 N–H and O–H groups in total. The minimum atomic E-state index is -1.63. The van der Waals surface area contributed by atoms with Crippen molar-refractivity contribution in [2.75, 3.05) is 0 Å². The number of carbonyl (C=O) groups is 2. The van der Waals surface area contributed by atoms with Crippen LogP contribution >= 0.6 is 0 Å². The molecule has 3 fully saturated rings. The molecule has 0 spiro atoms. The molecule has 0 radical (unpaired) electrons. The fourth-order valence-corrected chi connectivity index (χ4v) is 7.98. The first-order chi connectivity index (χ1) is 12.9. The molecule has 0 aromatic rings. The molecule has 2 nitrogen and oxygen atoms in total. The van der Waals surface area contributed by atoms with E-state index in [1.165, 1.54) is 12.2 Å². The Kier molecular flexibility index (Phi) is 4.18. The Hall–Kier alpha value is -1.32. The number of hydrogen-bond acceptors (Lipinski definition) is 2. The number of alkyl halides is 2. The van der Waals surface area contributed by atoms with E-state index in [-0.39, 0.29) is 41.2 Å². The molecule has 0 bridgehead atoms. The SMILES string of the molecule is CCC(=O)C1C(C)CC2C1(C)CC[C@]1(F)C3(C)C=CC(=O)C=C3[C@@H](F)CC21C. The Bertz CT molecular complexity index is 800. The van der Waals surface area contributed by atoms with Crippen molar-refractivity contribution < 1.29 is 18.4 Å². The van der Waals surface area contributed by atoms with Crippen molar-refractivity contribution in [2.24, 2.45) is 34.0 Å². The molecule has 154 valence electrons. The first-order valence-electron chi connectivity index (χ1n) is 10.8. The zero-order chi connectivity index (χ0) is 20.7. The van der Waals surface area contributed by atoms with Crippen LogP contribution in [-0.4, -0.2) is 23.4 Å². The second-order valence-corrected chi connectivity index (χ2v) is 10.5. The van der Waals surface area contributed by atoms with Crippen LogP contribution in [0, 0.1) is 34.0 Å². The molecule has 3 saturated carbocycles. The number of Topliss-reactive ketones (excluding diaryl/α,β-unsaturated/α-hetero) is 1. The van der Waals surface area contributed by atoms with Gasteiger partial charge in [0.1, 0.15) is 17.6 Å². The van der Waals surface area contributed by atoms with Crippen LogP contribution in [0.15, 0.2) is 23.8 Å². The molecule has 0 aromatic heterocycles. The Morgan fingerprint density at radius 3 is 2.57 bits per heavy atom. The maximum absolute atomic E-state index is 17.1. The topological polar surface area (TPSA) is 34.1 Å². The third-order valence-electron chi connectivity index (χ3n) is 9.30. The highest BCUT2D eigenvalue weighted by atomic mass is 19.1. The van der Waals surface area contributed by atoms with Crippen molar-refractivity contribution in [1.82, 2.24) is 0 Å². The van der Waals surface area contributed by atoms with Gasteiger partial charge < -0.3 is 0 Å². The summed E-state index contributed by atoms with van der Waals surface area (Å²) in [6.45, 7) is 9.83. The van der Waals surface area contributed by atoms with Crippen LogP contribution in [-0.2, 0) is 9.59 Å². The lowest BCUT2D eigenvalue weighted by molar-refractivity contribution is -0.195. The molecule has 4 aliphatic carbocycles. The molecule has 0 aromatic carbocycles. The standard InChI is InChI=1S/C24H32F2O2/c1-6-18(28)20-14(2)11-19-21(20,3)9-10-24(26)22(4)8-7-15(27)12-16(22)17(25)13-23(19,24)5/h7-8,12,14,17,19-20H,6,9-11,13H2,1-5H3/t14?,17-,19?,20?,21?,22?,23?,24-/m0/s1. The van der Waals surface area contributed by atoms with E-state index in [0.29, 0.717) is 24.8 Å². The van der Waals surface area contributed by atoms with Gasteiger partial charge in [-0.25, -0.2) is 8.78 Å². The molecule has 0 aliphatic heterocycles. The average Bonchev–Trinajstić information content (AvgIpc) is 2.91. The van der Waals surface area contributed by atoms with Gasteiger partial charge in [-0.3, -0.25) is 9.59 Å². The van der Waals surface area contributed by atoms with Crippen molar-refractivity contribution in [3.05, 3.63) is 23.8 Å². The molecular weight excluding hydrogens is 358 g/mol. The molecule has 4 heteroatoms. The van der Waals surface area contributed by atoms with E-state index in [9.17, 15) is 9.59 Å². The van der Waals surface area contributed by atoms with Gasteiger partial charge in [-0.15, -0.1) is 0 Å². The molecule has 6 unspecified atom stereocenters. The lowest BCUT2D eigenvalue weighted by atomic mass is 9.40. The van der Waals surface area contributed by atoms with Crippen LogP contribution in [0.1, 0.15) is 66.7 Å². The summed E-state index contributed by atoms with van der Waals surface area (Å²) in [4.78, 5) is 24.7. The van der Waals surface area contributed by atoms with Gasteiger partial charge in [0.2, 0.25) is 0 Å². The maximum Gasteiger partial charge on any atom is 0.178 e. The van der Waals surface area contributed by atoms with Crippen molar-refractivity contribution in [3.8, 4) is 0 Å². The Labute approximate surface area is 166 Å². The zero-order valence-electron chi connectivity index (χ0n) is 17.6. The number of rotatable bonds is 2. The highest BCUT2D eigenvalue weighted by Crippen LogP contribution is 2.74. The summed E-state index contributed by atoms with van der Waals surface area (Å²) in [6.07, 6.45) is 5.29. The highest BCUT2D eigenvalue weighted by Gasteiger charge is 2.74. The zero-order valence-corrected chi connectivity index (χ0v) is 17.6. The van der Waals surface area contributed by atoms with E-state index >= 15 is 8.78 Å². The van der Waals surface area contributed by atoms with E-state index in [4.69, 9.17) is 0 Å². The smallest absolute Gasteiger partial charge is 0.178 e. The first-order valence-corrected chi connectivity index (χ1v) is 10.8. The van der Waals surface area contributed by atoms with Gasteiger partial charge in [-0.05, 0) is 67.6 Å². The van der Waals surface area contributed by atoms with Gasteiger partial charge in [-0.1, -0.05) is 33.8 Å². The van der Waals surface area contributed by atoms with E-state index < -0.39 is 22.7 Å². The van der Waals surface area contributed by atoms with Crippen LogP contribution in [0.2, 0.25) is 0 Å². The molecule has 4 rings (SSSR count). The fraction of sp³-hybridized carbons (Fsp3) is 0.750. The summed E-state index contributed by atoms with van der Waals surface area (Å²) in [5, 5.41) is 0. The van der Waals surface area contributed by atoms with Gasteiger partial charge in [-0.2, -0.15) is 0 Å². The molecule has 4 aliphatic rings. The van der Waals surface area contributed by atoms with Crippen molar-refractivity contribution in [1.29, 1.82) is 0 Å². The van der Waals surface area contributed by atoms with Gasteiger partial charge in [0.25, 0.3) is 0 Å². The molecule has 0 saturated heterocycles. The van der Waals surface area contributed by atoms with Crippen LogP contribution < -0.4 is 0 Å². The third-order valence-corrected chi connectivity index (χ3v) is 9.30. The molecule has 0 heterocycles. The Morgan fingerprint density at radius 2 is 1.93 bits per heavy atom. The first kappa shape index (κ1) is 20.0. The van der Waals surface area contributed by atoms with E-state index in [1.54, 1.807) is 13.0 Å². The molecule has 0 amide bonds. The quantitative estimate of drug-likeness (QED) is 0.618. The highest BCUT2D eigenvalue weighted by molar-refractivity contribution is 6.01. The second-order valence-electron chi connectivity index (χ2n) is 10.5. The predicted octanol–water partition coefficient (Wildman–Crippen LogP) is 5.57. The summed E-state index contributed by atoms with van der Waals surface area (Å²) in [5.41, 5.74) is -3.59. The Balaban J connectivity index is 1.85. The second kappa shape index (κ2) is 5.86. The lowest BCUT2D eigenvalue weighted by Crippen LogP contribution is -2.67. The van der Waals surface area contributed by atoms with E-state index in [1.807, 2.05) is 13.8 Å². The van der Waals surface area contributed by atoms with Gasteiger partial charge in [0, 0.05) is 23.2 Å². The van der Waals surface area contributed by atoms with Gasteiger partial charge in [0.05, 0.1) is 0 Å². The normalized spacial score (nSPS) is 52.5. The Morgan fingerprint density at radius 1 is 1.25 bits per heavy atom. The van der Waals surface area contributed by atoms with Crippen molar-refractivity contribution in [2.45, 2.75) is 78.6 Å². The lowest BCUT2D eigenvalue weighted by Gasteiger charge is -2.66. The average molecular weight is 391 g/mol. The summed E-state index contributed by atoms with van der Waals surface area (Å²) >= 11 is 0. The maximum atomic E-state index is 17.1. The number of carbonyl (C=O) groups excluding carboxylic acids is 2. The van der Waals surface area contributed by atoms with Gasteiger partial charge in [0.15, 0.2) is 5.78 Å². The molecule has 28 heavy (non-hydrogen) atoms. The van der Waals surface area contributed by atoms with E-state index in [0.717, 1.165) is 6.42 Å². The number of allylic oxidation sites excluding steroid dienone is 4. The summed E-state index contributed by atoms with van der Waals surface area (Å²) in [5.74, 6) is 0.0704. The van der Waals surface area contributed by atoms with Crippen LogP contribution in [0.25, 0.3) is 0 Å². The van der Waals surface area contributed by atoms with Crippen LogP contribution in [0.3, 0.4) is 0 Å². The van der Waals surface area contributed by atoms with Crippen molar-refractivity contribution in [3.63, 3.8) is 0 Å². The largest absolute Gasteiger partial charge is 0.299 e. The third kappa shape index (κ3) is 2.13. The summed E-state index contributed by atoms with van der Waals surface area (Å²) < 4.78 is 32.5.